The van der Waals surface area contributed by atoms with Crippen LogP contribution in [-0.4, -0.2) is 16.9 Å². The number of nitrogens with one attached hydrogen (secondary N) is 1. The molecule has 0 bridgehead atoms. The number of hydrogen-bond donors (Lipinski definition) is 1. The van der Waals surface area contributed by atoms with Crippen LogP contribution in [0.15, 0.2) is 35.7 Å². The molecule has 122 valence electrons. The summed E-state index contributed by atoms with van der Waals surface area (Å²) in [5, 5.41) is 15.7. The Hall–Kier alpha value is -2.41. The summed E-state index contributed by atoms with van der Waals surface area (Å²) < 4.78 is 5.51. The number of nitrogens with zero attached hydrogens (tertiary/aromatic N) is 1. The minimum atomic E-state index is -0.478. The number of nitro groups is 1. The summed E-state index contributed by atoms with van der Waals surface area (Å²) in [7, 11) is 0. The number of amides is 1. The number of carbonyl (C=O) groups is 1. The van der Waals surface area contributed by atoms with Crippen molar-refractivity contribution in [2.45, 2.75) is 32.9 Å². The fraction of sp³-hybridized carbons (Fsp3) is 0.312. The highest BCUT2D eigenvalue weighted by Crippen LogP contribution is 2.27. The average molecular weight is 334 g/mol. The van der Waals surface area contributed by atoms with Gasteiger partial charge in [-0.15, -0.1) is 11.3 Å². The maximum atomic E-state index is 12.0. The summed E-state index contributed by atoms with van der Waals surface area (Å²) in [5.74, 6) is 0.107. The van der Waals surface area contributed by atoms with E-state index >= 15 is 0 Å². The first-order valence-corrected chi connectivity index (χ1v) is 8.13. The van der Waals surface area contributed by atoms with Gasteiger partial charge in [-0.05, 0) is 30.9 Å². The largest absolute Gasteiger partial charge is 0.482 e. The molecule has 1 atom stereocenters. The van der Waals surface area contributed by atoms with Crippen molar-refractivity contribution in [3.63, 3.8) is 0 Å². The molecule has 0 saturated carbocycles. The van der Waals surface area contributed by atoms with Gasteiger partial charge in [-0.2, -0.15) is 0 Å². The van der Waals surface area contributed by atoms with Crippen molar-refractivity contribution in [3.8, 4) is 5.75 Å². The molecule has 7 heteroatoms. The molecule has 6 nitrogen and oxygen atoms in total. The zero-order valence-electron chi connectivity index (χ0n) is 12.9. The maximum Gasteiger partial charge on any atom is 0.310 e. The van der Waals surface area contributed by atoms with Crippen LogP contribution >= 0.6 is 11.3 Å². The van der Waals surface area contributed by atoms with Gasteiger partial charge in [0.25, 0.3) is 5.91 Å². The molecule has 23 heavy (non-hydrogen) atoms. The first-order valence-electron chi connectivity index (χ1n) is 7.25. The molecule has 0 spiro atoms. The van der Waals surface area contributed by atoms with Gasteiger partial charge in [0.1, 0.15) is 6.61 Å². The second kappa shape index (κ2) is 7.73. The highest BCUT2D eigenvalue weighted by Gasteiger charge is 2.15. The third kappa shape index (κ3) is 4.53. The van der Waals surface area contributed by atoms with E-state index in [9.17, 15) is 14.9 Å². The number of para-hydroxylation sites is 2. The molecule has 0 aliphatic carbocycles. The lowest BCUT2D eigenvalue weighted by Gasteiger charge is -2.09. The van der Waals surface area contributed by atoms with Gasteiger partial charge in [-0.1, -0.05) is 19.1 Å². The van der Waals surface area contributed by atoms with Crippen molar-refractivity contribution in [1.29, 1.82) is 0 Å². The van der Waals surface area contributed by atoms with E-state index in [2.05, 4.69) is 5.32 Å². The van der Waals surface area contributed by atoms with Crippen LogP contribution in [0, 0.1) is 10.1 Å². The van der Waals surface area contributed by atoms with E-state index in [1.807, 2.05) is 19.2 Å². The number of benzene rings is 1. The highest BCUT2D eigenvalue weighted by atomic mass is 32.1. The Bertz CT molecular complexity index is 699. The Morgan fingerprint density at radius 1 is 1.43 bits per heavy atom. The van der Waals surface area contributed by atoms with Gasteiger partial charge in [0.2, 0.25) is 0 Å². The molecule has 1 unspecified atom stereocenters. The van der Waals surface area contributed by atoms with E-state index in [0.717, 1.165) is 12.0 Å². The summed E-state index contributed by atoms with van der Waals surface area (Å²) in [6.07, 6.45) is 0.866. The van der Waals surface area contributed by atoms with Crippen LogP contribution in [0.4, 0.5) is 5.69 Å². The zero-order valence-corrected chi connectivity index (χ0v) is 13.8. The van der Waals surface area contributed by atoms with Crippen molar-refractivity contribution in [3.05, 3.63) is 56.3 Å². The normalized spacial score (nSPS) is 11.7. The van der Waals surface area contributed by atoms with E-state index in [-0.39, 0.29) is 30.0 Å². The SMILES string of the molecule is CCC(C)NC(=O)c1cc(COc2ccccc2[N+](=O)[O-])cs1. The quantitative estimate of drug-likeness (QED) is 0.617. The second-order valence-electron chi connectivity index (χ2n) is 5.12. The summed E-state index contributed by atoms with van der Waals surface area (Å²) in [6, 6.07) is 8.09. The third-order valence-corrected chi connectivity index (χ3v) is 4.30. The van der Waals surface area contributed by atoms with E-state index < -0.39 is 4.92 Å². The summed E-state index contributed by atoms with van der Waals surface area (Å²) in [4.78, 5) is 23.1. The highest BCUT2D eigenvalue weighted by molar-refractivity contribution is 7.12. The van der Waals surface area contributed by atoms with Gasteiger partial charge in [-0.25, -0.2) is 0 Å². The fourth-order valence-electron chi connectivity index (χ4n) is 1.86. The minimum Gasteiger partial charge on any atom is -0.482 e. The van der Waals surface area contributed by atoms with Crippen molar-refractivity contribution in [1.82, 2.24) is 5.32 Å². The predicted octanol–water partition coefficient (Wildman–Crippen LogP) is 3.76. The first kappa shape index (κ1) is 17.0. The molecule has 2 aromatic rings. The number of ether oxygens (including phenoxy) is 1. The molecule has 0 fully saturated rings. The fourth-order valence-corrected chi connectivity index (χ4v) is 2.66. The Morgan fingerprint density at radius 3 is 2.87 bits per heavy atom. The third-order valence-electron chi connectivity index (χ3n) is 3.32. The van der Waals surface area contributed by atoms with Crippen LogP contribution in [0.5, 0.6) is 5.75 Å². The van der Waals surface area contributed by atoms with E-state index in [1.165, 1.54) is 17.4 Å². The molecule has 1 N–H and O–H groups in total. The first-order chi connectivity index (χ1) is 11.0. The van der Waals surface area contributed by atoms with Gasteiger partial charge in [-0.3, -0.25) is 14.9 Å². The van der Waals surface area contributed by atoms with Crippen LogP contribution in [0.25, 0.3) is 0 Å². The number of thiophene rings is 1. The molecule has 1 aromatic carbocycles. The Morgan fingerprint density at radius 2 is 2.17 bits per heavy atom. The molecular weight excluding hydrogens is 316 g/mol. The van der Waals surface area contributed by atoms with Gasteiger partial charge in [0.15, 0.2) is 5.75 Å². The maximum absolute atomic E-state index is 12.0. The lowest BCUT2D eigenvalue weighted by molar-refractivity contribution is -0.385. The Labute approximate surface area is 138 Å². The Kier molecular flexibility index (Phi) is 5.70. The van der Waals surface area contributed by atoms with Crippen LogP contribution < -0.4 is 10.1 Å². The van der Waals surface area contributed by atoms with Crippen LogP contribution in [0.2, 0.25) is 0 Å². The Balaban J connectivity index is 2.00. The molecule has 0 saturated heterocycles. The topological polar surface area (TPSA) is 81.5 Å². The van der Waals surface area contributed by atoms with Gasteiger partial charge >= 0.3 is 5.69 Å². The lowest BCUT2D eigenvalue weighted by Crippen LogP contribution is -2.31. The van der Waals surface area contributed by atoms with Crippen LogP contribution in [0.1, 0.15) is 35.5 Å². The summed E-state index contributed by atoms with van der Waals surface area (Å²) >= 11 is 1.33. The molecule has 1 amide bonds. The lowest BCUT2D eigenvalue weighted by atomic mass is 10.2. The molecular formula is C16H18N2O4S. The van der Waals surface area contributed by atoms with Crippen molar-refractivity contribution >= 4 is 22.9 Å². The summed E-state index contributed by atoms with van der Waals surface area (Å²) in [5.41, 5.74) is 0.736. The van der Waals surface area contributed by atoms with Gasteiger partial charge in [0, 0.05) is 17.7 Å². The monoisotopic (exact) mass is 334 g/mol. The molecule has 0 aliphatic rings. The number of nitro benzene ring substituents is 1. The van der Waals surface area contributed by atoms with Crippen molar-refractivity contribution in [2.75, 3.05) is 0 Å². The van der Waals surface area contributed by atoms with Crippen LogP contribution in [0.3, 0.4) is 0 Å². The van der Waals surface area contributed by atoms with E-state index in [0.29, 0.717) is 4.88 Å². The minimum absolute atomic E-state index is 0.0718. The van der Waals surface area contributed by atoms with Crippen molar-refractivity contribution < 1.29 is 14.5 Å². The van der Waals surface area contributed by atoms with Gasteiger partial charge in [0.05, 0.1) is 9.80 Å². The molecule has 1 heterocycles. The smallest absolute Gasteiger partial charge is 0.310 e. The standard InChI is InChI=1S/C16H18N2O4S/c1-3-11(2)17-16(19)15-8-12(10-23-15)9-22-14-7-5-4-6-13(14)18(20)21/h4-8,10-11H,3,9H2,1-2H3,(H,17,19). The number of hydrogen-bond acceptors (Lipinski definition) is 5. The van der Waals surface area contributed by atoms with E-state index in [4.69, 9.17) is 4.74 Å². The van der Waals surface area contributed by atoms with E-state index in [1.54, 1.807) is 24.3 Å². The van der Waals surface area contributed by atoms with Crippen molar-refractivity contribution in [2.24, 2.45) is 0 Å². The number of carbonyl (C=O) groups excluding carboxylic acids is 1. The predicted molar refractivity (Wildman–Crippen MR) is 89.0 cm³/mol. The molecule has 2 rings (SSSR count). The molecule has 0 aliphatic heterocycles. The molecule has 1 aromatic heterocycles. The second-order valence-corrected chi connectivity index (χ2v) is 6.03. The average Bonchev–Trinajstić information content (AvgIpc) is 3.02. The van der Waals surface area contributed by atoms with Gasteiger partial charge < -0.3 is 10.1 Å². The zero-order chi connectivity index (χ0) is 16.8. The molecule has 0 radical (unpaired) electrons. The number of rotatable bonds is 7. The van der Waals surface area contributed by atoms with Crippen LogP contribution in [-0.2, 0) is 6.61 Å². The summed E-state index contributed by atoms with van der Waals surface area (Å²) in [6.45, 7) is 4.13.